The second-order valence-electron chi connectivity index (χ2n) is 3.18. The maximum atomic E-state index is 5.04. The zero-order valence-electron chi connectivity index (χ0n) is 10.0. The Kier molecular flexibility index (Phi) is 4.57. The SMILES string of the molecule is CC.CC(C)c1nc(-c2ncccn2)no1. The van der Waals surface area contributed by atoms with Crippen molar-refractivity contribution in [2.24, 2.45) is 0 Å². The van der Waals surface area contributed by atoms with Gasteiger partial charge in [-0.1, -0.05) is 32.9 Å². The van der Waals surface area contributed by atoms with Gasteiger partial charge in [-0.05, 0) is 6.07 Å². The van der Waals surface area contributed by atoms with E-state index in [0.717, 1.165) is 0 Å². The maximum absolute atomic E-state index is 5.04. The van der Waals surface area contributed by atoms with Crippen LogP contribution in [0.1, 0.15) is 39.5 Å². The van der Waals surface area contributed by atoms with Gasteiger partial charge in [-0.2, -0.15) is 4.98 Å². The first-order valence-electron chi connectivity index (χ1n) is 5.38. The average Bonchev–Trinajstić information content (AvgIpc) is 2.82. The van der Waals surface area contributed by atoms with Crippen molar-refractivity contribution in [3.05, 3.63) is 24.4 Å². The molecule has 0 bridgehead atoms. The van der Waals surface area contributed by atoms with E-state index in [0.29, 0.717) is 17.5 Å². The van der Waals surface area contributed by atoms with Gasteiger partial charge in [0.15, 0.2) is 0 Å². The van der Waals surface area contributed by atoms with Crippen molar-refractivity contribution in [1.82, 2.24) is 20.1 Å². The van der Waals surface area contributed by atoms with E-state index in [1.807, 2.05) is 27.7 Å². The summed E-state index contributed by atoms with van der Waals surface area (Å²) in [7, 11) is 0. The molecule has 0 aromatic carbocycles. The smallest absolute Gasteiger partial charge is 0.240 e. The van der Waals surface area contributed by atoms with E-state index in [1.165, 1.54) is 0 Å². The van der Waals surface area contributed by atoms with Crippen LogP contribution in [0.4, 0.5) is 0 Å². The van der Waals surface area contributed by atoms with E-state index < -0.39 is 0 Å². The highest BCUT2D eigenvalue weighted by Crippen LogP contribution is 2.15. The van der Waals surface area contributed by atoms with Crippen LogP contribution in [0.2, 0.25) is 0 Å². The summed E-state index contributed by atoms with van der Waals surface area (Å²) in [6.07, 6.45) is 3.29. The van der Waals surface area contributed by atoms with Gasteiger partial charge in [0, 0.05) is 18.3 Å². The van der Waals surface area contributed by atoms with Crippen LogP contribution in [0.3, 0.4) is 0 Å². The van der Waals surface area contributed by atoms with Gasteiger partial charge in [0.1, 0.15) is 0 Å². The third kappa shape index (κ3) is 2.85. The molecule has 2 aromatic rings. The van der Waals surface area contributed by atoms with Gasteiger partial charge in [-0.25, -0.2) is 9.97 Å². The lowest BCUT2D eigenvalue weighted by atomic mass is 10.2. The van der Waals surface area contributed by atoms with Crippen molar-refractivity contribution in [3.8, 4) is 11.6 Å². The lowest BCUT2D eigenvalue weighted by Crippen LogP contribution is -1.90. The normalized spacial score (nSPS) is 9.81. The molecule has 2 aromatic heterocycles. The summed E-state index contributed by atoms with van der Waals surface area (Å²) < 4.78 is 5.04. The molecule has 0 atom stereocenters. The van der Waals surface area contributed by atoms with Crippen molar-refractivity contribution in [2.45, 2.75) is 33.6 Å². The minimum Gasteiger partial charge on any atom is -0.339 e. The van der Waals surface area contributed by atoms with Crippen LogP contribution in [0.25, 0.3) is 11.6 Å². The Hall–Kier alpha value is -1.78. The number of aromatic nitrogens is 4. The molecule has 2 heterocycles. The van der Waals surface area contributed by atoms with Crippen molar-refractivity contribution >= 4 is 0 Å². The Balaban J connectivity index is 0.000000606. The van der Waals surface area contributed by atoms with E-state index in [1.54, 1.807) is 18.5 Å². The summed E-state index contributed by atoms with van der Waals surface area (Å²) in [4.78, 5) is 12.2. The van der Waals surface area contributed by atoms with Crippen LogP contribution in [0.5, 0.6) is 0 Å². The number of hydrogen-bond donors (Lipinski definition) is 0. The Labute approximate surface area is 94.9 Å². The molecule has 0 radical (unpaired) electrons. The zero-order valence-corrected chi connectivity index (χ0v) is 10.0. The van der Waals surface area contributed by atoms with E-state index in [4.69, 9.17) is 4.52 Å². The molecule has 2 rings (SSSR count). The van der Waals surface area contributed by atoms with Crippen molar-refractivity contribution in [1.29, 1.82) is 0 Å². The van der Waals surface area contributed by atoms with Crippen LogP contribution < -0.4 is 0 Å². The van der Waals surface area contributed by atoms with Gasteiger partial charge in [0.25, 0.3) is 0 Å². The van der Waals surface area contributed by atoms with E-state index in [9.17, 15) is 0 Å². The van der Waals surface area contributed by atoms with Crippen LogP contribution in [0.15, 0.2) is 23.0 Å². The minimum absolute atomic E-state index is 0.222. The lowest BCUT2D eigenvalue weighted by molar-refractivity contribution is 0.365. The van der Waals surface area contributed by atoms with Crippen LogP contribution in [0, 0.1) is 0 Å². The summed E-state index contributed by atoms with van der Waals surface area (Å²) in [6.45, 7) is 7.98. The highest BCUT2D eigenvalue weighted by Gasteiger charge is 2.12. The third-order valence-electron chi connectivity index (χ3n) is 1.70. The Morgan fingerprint density at radius 3 is 2.19 bits per heavy atom. The first-order valence-corrected chi connectivity index (χ1v) is 5.38. The zero-order chi connectivity index (χ0) is 12.0. The quantitative estimate of drug-likeness (QED) is 0.778. The Bertz CT molecular complexity index is 411. The maximum Gasteiger partial charge on any atom is 0.240 e. The van der Waals surface area contributed by atoms with Gasteiger partial charge in [0.05, 0.1) is 0 Å². The average molecular weight is 220 g/mol. The molecule has 0 N–H and O–H groups in total. The molecule has 0 aliphatic heterocycles. The lowest BCUT2D eigenvalue weighted by Gasteiger charge is -1.92. The fourth-order valence-electron chi connectivity index (χ4n) is 0.975. The highest BCUT2D eigenvalue weighted by molar-refractivity contribution is 5.40. The van der Waals surface area contributed by atoms with E-state index in [2.05, 4.69) is 20.1 Å². The van der Waals surface area contributed by atoms with Crippen molar-refractivity contribution in [2.75, 3.05) is 0 Å². The Morgan fingerprint density at radius 2 is 1.69 bits per heavy atom. The molecule has 0 aliphatic rings. The first kappa shape index (κ1) is 12.3. The van der Waals surface area contributed by atoms with Gasteiger partial charge in [-0.3, -0.25) is 0 Å². The van der Waals surface area contributed by atoms with Crippen LogP contribution >= 0.6 is 0 Å². The molecular weight excluding hydrogens is 204 g/mol. The summed E-state index contributed by atoms with van der Waals surface area (Å²) in [5.74, 6) is 1.75. The number of rotatable bonds is 2. The number of nitrogens with zero attached hydrogens (tertiary/aromatic N) is 4. The predicted molar refractivity (Wildman–Crippen MR) is 60.8 cm³/mol. The third-order valence-corrected chi connectivity index (χ3v) is 1.70. The molecular formula is C11H16N4O. The van der Waals surface area contributed by atoms with E-state index in [-0.39, 0.29) is 5.92 Å². The molecule has 5 heteroatoms. The summed E-state index contributed by atoms with van der Waals surface area (Å²) in [5.41, 5.74) is 0. The molecule has 0 spiro atoms. The molecule has 0 aliphatic carbocycles. The largest absolute Gasteiger partial charge is 0.339 e. The molecule has 16 heavy (non-hydrogen) atoms. The monoisotopic (exact) mass is 220 g/mol. The molecule has 0 fully saturated rings. The molecule has 0 saturated heterocycles. The topological polar surface area (TPSA) is 64.7 Å². The standard InChI is InChI=1S/C9H10N4O.C2H6/c1-6(2)9-12-8(13-14-9)7-10-4-3-5-11-7;1-2/h3-6H,1-2H3;1-2H3. The van der Waals surface area contributed by atoms with Gasteiger partial charge < -0.3 is 4.52 Å². The second kappa shape index (κ2) is 5.95. The van der Waals surface area contributed by atoms with Crippen molar-refractivity contribution < 1.29 is 4.52 Å². The molecule has 0 unspecified atom stereocenters. The highest BCUT2D eigenvalue weighted by atomic mass is 16.5. The van der Waals surface area contributed by atoms with Crippen LogP contribution in [-0.4, -0.2) is 20.1 Å². The predicted octanol–water partition coefficient (Wildman–Crippen LogP) is 2.68. The van der Waals surface area contributed by atoms with Gasteiger partial charge in [0.2, 0.25) is 17.5 Å². The second-order valence-corrected chi connectivity index (χ2v) is 3.18. The molecule has 86 valence electrons. The molecule has 5 nitrogen and oxygen atoms in total. The Morgan fingerprint density at radius 1 is 1.06 bits per heavy atom. The minimum atomic E-state index is 0.222. The first-order chi connectivity index (χ1) is 7.77. The fraction of sp³-hybridized carbons (Fsp3) is 0.455. The number of hydrogen-bond acceptors (Lipinski definition) is 5. The van der Waals surface area contributed by atoms with Crippen molar-refractivity contribution in [3.63, 3.8) is 0 Å². The fourth-order valence-corrected chi connectivity index (χ4v) is 0.975. The van der Waals surface area contributed by atoms with Crippen LogP contribution in [-0.2, 0) is 0 Å². The summed E-state index contributed by atoms with van der Waals surface area (Å²) in [6, 6.07) is 1.74. The summed E-state index contributed by atoms with van der Waals surface area (Å²) in [5, 5.41) is 3.80. The molecule has 0 amide bonds. The summed E-state index contributed by atoms with van der Waals surface area (Å²) >= 11 is 0. The molecule has 0 saturated carbocycles. The van der Waals surface area contributed by atoms with Gasteiger partial charge in [-0.15, -0.1) is 0 Å². The van der Waals surface area contributed by atoms with Gasteiger partial charge >= 0.3 is 0 Å². The van der Waals surface area contributed by atoms with E-state index >= 15 is 0 Å².